The summed E-state index contributed by atoms with van der Waals surface area (Å²) in [4.78, 5) is 10.4. The number of nitrogen functional groups attached to an aromatic ring is 1. The van der Waals surface area contributed by atoms with Crippen LogP contribution in [0, 0.1) is 5.41 Å². The second-order valence-electron chi connectivity index (χ2n) is 4.20. The van der Waals surface area contributed by atoms with Crippen molar-refractivity contribution in [1.82, 2.24) is 0 Å². The first kappa shape index (κ1) is 13.6. The molecule has 2 rings (SSSR count). The first-order chi connectivity index (χ1) is 9.56. The van der Waals surface area contributed by atoms with E-state index in [4.69, 9.17) is 21.0 Å². The Morgan fingerprint density at radius 2 is 1.55 bits per heavy atom. The van der Waals surface area contributed by atoms with Crippen LogP contribution in [0.3, 0.4) is 0 Å². The summed E-state index contributed by atoms with van der Waals surface area (Å²) in [6.45, 7) is -0.355. The number of amidine groups is 1. The van der Waals surface area contributed by atoms with Gasteiger partial charge in [0.1, 0.15) is 11.6 Å². The van der Waals surface area contributed by atoms with Crippen molar-refractivity contribution in [2.75, 3.05) is 6.61 Å². The molecule has 0 saturated heterocycles. The quantitative estimate of drug-likeness (QED) is 0.572. The summed E-state index contributed by atoms with van der Waals surface area (Å²) < 4.78 is 5.06. The van der Waals surface area contributed by atoms with Crippen molar-refractivity contribution in [3.8, 4) is 16.9 Å². The van der Waals surface area contributed by atoms with Crippen molar-refractivity contribution in [3.05, 3.63) is 54.1 Å². The van der Waals surface area contributed by atoms with Crippen LogP contribution in [0.1, 0.15) is 5.56 Å². The standard InChI is InChI=1S/C15H14N2O3/c16-15(17)12-3-1-10(2-4-12)11-5-7-13(8-6-11)20-9-14(18)19/h1-8H,9H2,(H3,16,17)(H,18,19). The van der Waals surface area contributed by atoms with Gasteiger partial charge < -0.3 is 15.6 Å². The number of nitrogens with one attached hydrogen (secondary N) is 1. The van der Waals surface area contributed by atoms with Crippen molar-refractivity contribution in [1.29, 1.82) is 5.41 Å². The van der Waals surface area contributed by atoms with E-state index in [1.807, 2.05) is 24.3 Å². The molecule has 0 aliphatic heterocycles. The fourth-order valence-corrected chi connectivity index (χ4v) is 1.73. The fraction of sp³-hybridized carbons (Fsp3) is 0.0667. The molecule has 0 atom stereocenters. The zero-order valence-corrected chi connectivity index (χ0v) is 10.7. The van der Waals surface area contributed by atoms with Crippen LogP contribution < -0.4 is 10.5 Å². The highest BCUT2D eigenvalue weighted by Crippen LogP contribution is 2.22. The first-order valence-electron chi connectivity index (χ1n) is 5.96. The molecule has 0 fully saturated rings. The minimum Gasteiger partial charge on any atom is -0.482 e. The summed E-state index contributed by atoms with van der Waals surface area (Å²) in [5, 5.41) is 15.9. The van der Waals surface area contributed by atoms with Gasteiger partial charge in [0, 0.05) is 5.56 Å². The van der Waals surface area contributed by atoms with Gasteiger partial charge in [0.15, 0.2) is 6.61 Å². The van der Waals surface area contributed by atoms with Crippen LogP contribution in [0.4, 0.5) is 0 Å². The Morgan fingerprint density at radius 1 is 1.05 bits per heavy atom. The number of carboxylic acids is 1. The van der Waals surface area contributed by atoms with E-state index in [0.29, 0.717) is 11.3 Å². The van der Waals surface area contributed by atoms with Crippen molar-refractivity contribution >= 4 is 11.8 Å². The summed E-state index contributed by atoms with van der Waals surface area (Å²) in [7, 11) is 0. The summed E-state index contributed by atoms with van der Waals surface area (Å²) >= 11 is 0. The van der Waals surface area contributed by atoms with Gasteiger partial charge in [-0.2, -0.15) is 0 Å². The molecule has 5 heteroatoms. The van der Waals surface area contributed by atoms with Crippen molar-refractivity contribution in [2.45, 2.75) is 0 Å². The van der Waals surface area contributed by atoms with Crippen LogP contribution in [0.5, 0.6) is 5.75 Å². The van der Waals surface area contributed by atoms with E-state index in [1.54, 1.807) is 24.3 Å². The number of carboxylic acid groups (broad SMARTS) is 1. The van der Waals surface area contributed by atoms with E-state index in [1.165, 1.54) is 0 Å². The van der Waals surface area contributed by atoms with Gasteiger partial charge in [0.05, 0.1) is 0 Å². The minimum absolute atomic E-state index is 0.0361. The Balaban J connectivity index is 2.13. The molecule has 2 aromatic rings. The fourth-order valence-electron chi connectivity index (χ4n) is 1.73. The smallest absolute Gasteiger partial charge is 0.341 e. The number of hydrogen-bond donors (Lipinski definition) is 3. The Hall–Kier alpha value is -2.82. The lowest BCUT2D eigenvalue weighted by atomic mass is 10.0. The van der Waals surface area contributed by atoms with Gasteiger partial charge in [0.2, 0.25) is 0 Å². The molecule has 0 saturated carbocycles. The first-order valence-corrected chi connectivity index (χ1v) is 5.96. The SMILES string of the molecule is N=C(N)c1ccc(-c2ccc(OCC(=O)O)cc2)cc1. The molecule has 0 aliphatic carbocycles. The maximum Gasteiger partial charge on any atom is 0.341 e. The van der Waals surface area contributed by atoms with Crippen LogP contribution in [0.25, 0.3) is 11.1 Å². The molecule has 2 aromatic carbocycles. The molecule has 0 aliphatic rings. The summed E-state index contributed by atoms with van der Waals surface area (Å²) in [6, 6.07) is 14.5. The molecule has 0 amide bonds. The van der Waals surface area contributed by atoms with Gasteiger partial charge in [-0.1, -0.05) is 36.4 Å². The van der Waals surface area contributed by atoms with Gasteiger partial charge >= 0.3 is 5.97 Å². The Bertz CT molecular complexity index is 619. The van der Waals surface area contributed by atoms with Crippen LogP contribution in [-0.2, 0) is 4.79 Å². The van der Waals surface area contributed by atoms with Gasteiger partial charge in [-0.3, -0.25) is 5.41 Å². The van der Waals surface area contributed by atoms with E-state index >= 15 is 0 Å². The molecule has 0 aromatic heterocycles. The lowest BCUT2D eigenvalue weighted by molar-refractivity contribution is -0.139. The molecule has 20 heavy (non-hydrogen) atoms. The maximum absolute atomic E-state index is 10.4. The van der Waals surface area contributed by atoms with Gasteiger partial charge in [-0.05, 0) is 23.3 Å². The summed E-state index contributed by atoms with van der Waals surface area (Å²) in [5.74, 6) is -0.459. The molecule has 0 radical (unpaired) electrons. The van der Waals surface area contributed by atoms with Crippen LogP contribution in [0.15, 0.2) is 48.5 Å². The number of rotatable bonds is 5. The Kier molecular flexibility index (Phi) is 4.00. The molecule has 5 nitrogen and oxygen atoms in total. The lowest BCUT2D eigenvalue weighted by Gasteiger charge is -2.06. The molecule has 0 bridgehead atoms. The number of hydrogen-bond acceptors (Lipinski definition) is 3. The third-order valence-corrected chi connectivity index (χ3v) is 2.75. The second kappa shape index (κ2) is 5.88. The molecule has 4 N–H and O–H groups in total. The number of ether oxygens (including phenoxy) is 1. The normalized spacial score (nSPS) is 10.0. The van der Waals surface area contributed by atoms with Crippen molar-refractivity contribution in [2.24, 2.45) is 5.73 Å². The summed E-state index contributed by atoms with van der Waals surface area (Å²) in [6.07, 6.45) is 0. The molecule has 102 valence electrons. The molecular weight excluding hydrogens is 256 g/mol. The zero-order valence-electron chi connectivity index (χ0n) is 10.7. The monoisotopic (exact) mass is 270 g/mol. The Morgan fingerprint density at radius 3 is 2.00 bits per heavy atom. The van der Waals surface area contributed by atoms with Gasteiger partial charge in [0.25, 0.3) is 0 Å². The van der Waals surface area contributed by atoms with E-state index in [0.717, 1.165) is 11.1 Å². The predicted molar refractivity (Wildman–Crippen MR) is 76.0 cm³/mol. The summed E-state index contributed by atoms with van der Waals surface area (Å²) in [5.41, 5.74) is 8.04. The van der Waals surface area contributed by atoms with Gasteiger partial charge in [-0.15, -0.1) is 0 Å². The molecule has 0 heterocycles. The third-order valence-electron chi connectivity index (χ3n) is 2.75. The highest BCUT2D eigenvalue weighted by atomic mass is 16.5. The average molecular weight is 270 g/mol. The van der Waals surface area contributed by atoms with E-state index in [9.17, 15) is 4.79 Å². The van der Waals surface area contributed by atoms with E-state index in [-0.39, 0.29) is 12.4 Å². The number of benzene rings is 2. The molecular formula is C15H14N2O3. The zero-order chi connectivity index (χ0) is 14.5. The topological polar surface area (TPSA) is 96.4 Å². The number of nitrogens with two attached hydrogens (primary N) is 1. The van der Waals surface area contributed by atoms with Crippen LogP contribution in [0.2, 0.25) is 0 Å². The average Bonchev–Trinajstić information content (AvgIpc) is 2.46. The number of carbonyl (C=O) groups is 1. The molecule has 0 spiro atoms. The second-order valence-corrected chi connectivity index (χ2v) is 4.20. The molecule has 0 unspecified atom stereocenters. The van der Waals surface area contributed by atoms with Crippen LogP contribution >= 0.6 is 0 Å². The van der Waals surface area contributed by atoms with E-state index < -0.39 is 5.97 Å². The third kappa shape index (κ3) is 3.35. The van der Waals surface area contributed by atoms with E-state index in [2.05, 4.69) is 0 Å². The lowest BCUT2D eigenvalue weighted by Crippen LogP contribution is -2.10. The van der Waals surface area contributed by atoms with Gasteiger partial charge in [-0.25, -0.2) is 4.79 Å². The minimum atomic E-state index is -1.01. The largest absolute Gasteiger partial charge is 0.482 e. The van der Waals surface area contributed by atoms with Crippen LogP contribution in [-0.4, -0.2) is 23.5 Å². The predicted octanol–water partition coefficient (Wildman–Crippen LogP) is 2.10. The van der Waals surface area contributed by atoms with Crippen molar-refractivity contribution in [3.63, 3.8) is 0 Å². The highest BCUT2D eigenvalue weighted by Gasteiger charge is 2.02. The number of aliphatic carboxylic acids is 1. The maximum atomic E-state index is 10.4. The highest BCUT2D eigenvalue weighted by molar-refractivity contribution is 5.95. The Labute approximate surface area is 116 Å². The van der Waals surface area contributed by atoms with Crippen molar-refractivity contribution < 1.29 is 14.6 Å².